The zero-order chi connectivity index (χ0) is 15.2. The molecule has 8 heteroatoms. The number of allylic oxidation sites excluding steroid dienone is 1. The fraction of sp³-hybridized carbons (Fsp3) is 0.667. The van der Waals surface area contributed by atoms with Crippen LogP contribution in [0.4, 0.5) is 0 Å². The average Bonchev–Trinajstić information content (AvgIpc) is 2.70. The lowest BCUT2D eigenvalue weighted by Crippen LogP contribution is -2.41. The second-order valence-corrected chi connectivity index (χ2v) is 6.67. The van der Waals surface area contributed by atoms with Crippen molar-refractivity contribution in [1.29, 1.82) is 0 Å². The van der Waals surface area contributed by atoms with E-state index in [-0.39, 0.29) is 25.1 Å². The number of sulfonamides is 1. The van der Waals surface area contributed by atoms with Crippen molar-refractivity contribution in [1.82, 2.24) is 9.62 Å². The molecule has 0 spiro atoms. The van der Waals surface area contributed by atoms with Gasteiger partial charge in [0, 0.05) is 19.5 Å². The number of hydrogen-bond donors (Lipinski definition) is 2. The molecule has 1 amide bonds. The first-order valence-electron chi connectivity index (χ1n) is 6.48. The Morgan fingerprint density at radius 3 is 2.65 bits per heavy atom. The van der Waals surface area contributed by atoms with Crippen LogP contribution in [0.1, 0.15) is 26.2 Å². The maximum Gasteiger partial charge on any atom is 0.326 e. The summed E-state index contributed by atoms with van der Waals surface area (Å²) in [6.45, 7) is 2.29. The van der Waals surface area contributed by atoms with Gasteiger partial charge in [-0.1, -0.05) is 12.2 Å². The molecule has 0 aromatic carbocycles. The summed E-state index contributed by atoms with van der Waals surface area (Å²) in [4.78, 5) is 22.6. The molecule has 1 aliphatic heterocycles. The molecule has 20 heavy (non-hydrogen) atoms. The van der Waals surface area contributed by atoms with E-state index in [1.165, 1.54) is 4.31 Å². The van der Waals surface area contributed by atoms with Crippen molar-refractivity contribution in [2.45, 2.75) is 32.2 Å². The third kappa shape index (κ3) is 4.93. The molecule has 1 atom stereocenters. The standard InChI is InChI=1S/C12H20N2O5S/c1-2-3-5-10(12(16)17)13-11(15)6-8-14-7-4-9-20(14,18)19/h2-3,10H,4-9H2,1H3,(H,13,15)(H,16,17)/b3-2+. The maximum atomic E-state index is 11.7. The van der Waals surface area contributed by atoms with Crippen LogP contribution in [0.5, 0.6) is 0 Å². The van der Waals surface area contributed by atoms with E-state index in [4.69, 9.17) is 5.11 Å². The number of carbonyl (C=O) groups is 2. The highest BCUT2D eigenvalue weighted by molar-refractivity contribution is 7.89. The molecule has 1 saturated heterocycles. The van der Waals surface area contributed by atoms with Crippen molar-refractivity contribution < 1.29 is 23.1 Å². The maximum absolute atomic E-state index is 11.7. The quantitative estimate of drug-likeness (QED) is 0.642. The Morgan fingerprint density at radius 2 is 2.15 bits per heavy atom. The molecule has 0 saturated carbocycles. The summed E-state index contributed by atoms with van der Waals surface area (Å²) >= 11 is 0. The van der Waals surface area contributed by atoms with Crippen LogP contribution in [-0.4, -0.2) is 54.6 Å². The van der Waals surface area contributed by atoms with Gasteiger partial charge >= 0.3 is 5.97 Å². The molecule has 0 bridgehead atoms. The van der Waals surface area contributed by atoms with Crippen LogP contribution in [-0.2, 0) is 19.6 Å². The summed E-state index contributed by atoms with van der Waals surface area (Å²) < 4.78 is 24.3. The predicted molar refractivity (Wildman–Crippen MR) is 73.6 cm³/mol. The number of carboxylic acids is 1. The van der Waals surface area contributed by atoms with Crippen molar-refractivity contribution >= 4 is 21.9 Å². The summed E-state index contributed by atoms with van der Waals surface area (Å²) in [5, 5.41) is 11.3. The zero-order valence-corrected chi connectivity index (χ0v) is 12.2. The van der Waals surface area contributed by atoms with Gasteiger partial charge in [-0.2, -0.15) is 0 Å². The minimum atomic E-state index is -3.22. The predicted octanol–water partition coefficient (Wildman–Crippen LogP) is -0.0524. The molecule has 1 heterocycles. The fourth-order valence-corrected chi connectivity index (χ4v) is 3.46. The van der Waals surface area contributed by atoms with E-state index in [2.05, 4.69) is 5.32 Å². The number of hydrogen-bond acceptors (Lipinski definition) is 4. The molecule has 1 rings (SSSR count). The van der Waals surface area contributed by atoms with Crippen LogP contribution in [0, 0.1) is 0 Å². The highest BCUT2D eigenvalue weighted by Crippen LogP contribution is 2.13. The third-order valence-electron chi connectivity index (χ3n) is 3.03. The molecule has 114 valence electrons. The van der Waals surface area contributed by atoms with Crippen LogP contribution in [0.15, 0.2) is 12.2 Å². The number of aliphatic carboxylic acids is 1. The minimum absolute atomic E-state index is 0.0289. The van der Waals surface area contributed by atoms with Gasteiger partial charge in [0.15, 0.2) is 0 Å². The topological polar surface area (TPSA) is 104 Å². The molecule has 7 nitrogen and oxygen atoms in total. The second-order valence-electron chi connectivity index (χ2n) is 4.58. The van der Waals surface area contributed by atoms with Crippen LogP contribution in [0.2, 0.25) is 0 Å². The average molecular weight is 304 g/mol. The first-order valence-corrected chi connectivity index (χ1v) is 8.09. The molecular formula is C12H20N2O5S. The van der Waals surface area contributed by atoms with Crippen LogP contribution in [0.25, 0.3) is 0 Å². The summed E-state index contributed by atoms with van der Waals surface area (Å²) in [7, 11) is -3.22. The second kappa shape index (κ2) is 7.39. The highest BCUT2D eigenvalue weighted by Gasteiger charge is 2.28. The van der Waals surface area contributed by atoms with Gasteiger partial charge in [-0.15, -0.1) is 0 Å². The zero-order valence-electron chi connectivity index (χ0n) is 11.4. The fourth-order valence-electron chi connectivity index (χ4n) is 1.93. The van der Waals surface area contributed by atoms with Gasteiger partial charge in [0.05, 0.1) is 5.75 Å². The van der Waals surface area contributed by atoms with E-state index in [0.717, 1.165) is 0 Å². The first kappa shape index (κ1) is 16.6. The lowest BCUT2D eigenvalue weighted by Gasteiger charge is -2.16. The van der Waals surface area contributed by atoms with Gasteiger partial charge in [-0.25, -0.2) is 17.5 Å². The summed E-state index contributed by atoms with van der Waals surface area (Å²) in [6.07, 6.45) is 4.12. The van der Waals surface area contributed by atoms with Crippen molar-refractivity contribution in [3.05, 3.63) is 12.2 Å². The summed E-state index contributed by atoms with van der Waals surface area (Å²) in [6, 6.07) is -0.978. The third-order valence-corrected chi connectivity index (χ3v) is 4.99. The summed E-state index contributed by atoms with van der Waals surface area (Å²) in [5.74, 6) is -1.44. The number of carboxylic acid groups (broad SMARTS) is 1. The Kier molecular flexibility index (Phi) is 6.15. The Hall–Kier alpha value is -1.41. The molecule has 1 fully saturated rings. The highest BCUT2D eigenvalue weighted by atomic mass is 32.2. The number of rotatable bonds is 7. The Balaban J connectivity index is 2.44. The van der Waals surface area contributed by atoms with Crippen LogP contribution in [0.3, 0.4) is 0 Å². The number of amides is 1. The molecule has 1 aliphatic rings. The lowest BCUT2D eigenvalue weighted by atomic mass is 10.2. The number of carbonyl (C=O) groups excluding carboxylic acids is 1. The van der Waals surface area contributed by atoms with E-state index >= 15 is 0 Å². The smallest absolute Gasteiger partial charge is 0.326 e. The number of nitrogens with one attached hydrogen (secondary N) is 1. The van der Waals surface area contributed by atoms with Gasteiger partial charge in [-0.05, 0) is 19.8 Å². The Bertz CT molecular complexity index is 486. The van der Waals surface area contributed by atoms with Crippen molar-refractivity contribution in [2.24, 2.45) is 0 Å². The van der Waals surface area contributed by atoms with Crippen molar-refractivity contribution in [3.63, 3.8) is 0 Å². The van der Waals surface area contributed by atoms with E-state index in [1.54, 1.807) is 19.1 Å². The van der Waals surface area contributed by atoms with E-state index in [9.17, 15) is 18.0 Å². The normalized spacial score (nSPS) is 20.1. The largest absolute Gasteiger partial charge is 0.480 e. The Morgan fingerprint density at radius 1 is 1.45 bits per heavy atom. The monoisotopic (exact) mass is 304 g/mol. The van der Waals surface area contributed by atoms with E-state index in [0.29, 0.717) is 13.0 Å². The minimum Gasteiger partial charge on any atom is -0.480 e. The SMILES string of the molecule is C/C=C/CC(NC(=O)CCN1CCCS1(=O)=O)C(=O)O. The van der Waals surface area contributed by atoms with Gasteiger partial charge in [0.25, 0.3) is 0 Å². The molecule has 0 aliphatic carbocycles. The molecule has 0 aromatic heterocycles. The van der Waals surface area contributed by atoms with Crippen LogP contribution >= 0.6 is 0 Å². The van der Waals surface area contributed by atoms with Gasteiger partial charge < -0.3 is 10.4 Å². The molecule has 0 aromatic rings. The van der Waals surface area contributed by atoms with Crippen molar-refractivity contribution in [2.75, 3.05) is 18.8 Å². The molecule has 0 radical (unpaired) electrons. The van der Waals surface area contributed by atoms with Gasteiger partial charge in [-0.3, -0.25) is 4.79 Å². The number of nitrogens with zero attached hydrogens (tertiary/aromatic N) is 1. The lowest BCUT2D eigenvalue weighted by molar-refractivity contribution is -0.141. The van der Waals surface area contributed by atoms with Gasteiger partial charge in [0.2, 0.25) is 15.9 Å². The molecule has 2 N–H and O–H groups in total. The first-order chi connectivity index (χ1) is 9.36. The Labute approximate surface area is 118 Å². The van der Waals surface area contributed by atoms with Crippen molar-refractivity contribution in [3.8, 4) is 0 Å². The van der Waals surface area contributed by atoms with Crippen LogP contribution < -0.4 is 5.32 Å². The molecular weight excluding hydrogens is 284 g/mol. The van der Waals surface area contributed by atoms with E-state index in [1.807, 2.05) is 0 Å². The van der Waals surface area contributed by atoms with Gasteiger partial charge in [0.1, 0.15) is 6.04 Å². The summed E-state index contributed by atoms with van der Waals surface area (Å²) in [5.41, 5.74) is 0. The molecule has 1 unspecified atom stereocenters. The van der Waals surface area contributed by atoms with E-state index < -0.39 is 27.9 Å².